The minimum absolute atomic E-state index is 0.0150. The number of hydrogen-bond donors (Lipinski definition) is 2. The van der Waals surface area contributed by atoms with Gasteiger partial charge in [0.25, 0.3) is 0 Å². The number of amides is 2. The van der Waals surface area contributed by atoms with Gasteiger partial charge in [-0.1, -0.05) is 18.5 Å². The highest BCUT2D eigenvalue weighted by Gasteiger charge is 2.47. The normalized spacial score (nSPS) is 34.6. The van der Waals surface area contributed by atoms with E-state index in [0.717, 1.165) is 54.3 Å². The molecule has 2 heterocycles. The molecule has 2 aliphatic carbocycles. The number of halogens is 1. The Balaban J connectivity index is 1.39. The van der Waals surface area contributed by atoms with Crippen LogP contribution in [0.1, 0.15) is 57.4 Å². The predicted octanol–water partition coefficient (Wildman–Crippen LogP) is 4.39. The number of anilines is 1. The van der Waals surface area contributed by atoms with Crippen molar-refractivity contribution in [3.05, 3.63) is 28.8 Å². The molecule has 2 aliphatic heterocycles. The third-order valence-electron chi connectivity index (χ3n) is 6.50. The number of nitrogens with one attached hydrogen (secondary N) is 1. The first-order valence-electron chi connectivity index (χ1n) is 10.0. The van der Waals surface area contributed by atoms with Crippen molar-refractivity contribution < 1.29 is 14.6 Å². The molecular weight excluding hydrogens is 364 g/mol. The number of urea groups is 1. The van der Waals surface area contributed by atoms with Crippen LogP contribution in [0.25, 0.3) is 0 Å². The molecule has 0 aromatic heterocycles. The van der Waals surface area contributed by atoms with Gasteiger partial charge in [-0.25, -0.2) is 4.79 Å². The SMILES string of the molecule is CC1CC2C[C@@H](C1)N2C(=O)Nc1ccc(Cl)c(C2CC(C)(OCCO)C2)c1. The van der Waals surface area contributed by atoms with E-state index in [1.54, 1.807) is 0 Å². The fraction of sp³-hybridized carbons (Fsp3) is 0.667. The lowest BCUT2D eigenvalue weighted by atomic mass is 9.68. The highest BCUT2D eigenvalue weighted by Crippen LogP contribution is 2.49. The third-order valence-corrected chi connectivity index (χ3v) is 6.84. The molecule has 5 rings (SSSR count). The number of rotatable bonds is 5. The average molecular weight is 393 g/mol. The lowest BCUT2D eigenvalue weighted by molar-refractivity contribution is -0.105. The molecule has 27 heavy (non-hydrogen) atoms. The van der Waals surface area contributed by atoms with Gasteiger partial charge in [0, 0.05) is 22.8 Å². The summed E-state index contributed by atoms with van der Waals surface area (Å²) in [5.74, 6) is 1.04. The van der Waals surface area contributed by atoms with E-state index in [4.69, 9.17) is 21.4 Å². The van der Waals surface area contributed by atoms with Crippen LogP contribution in [-0.4, -0.2) is 46.9 Å². The number of piperidine rings is 1. The maximum Gasteiger partial charge on any atom is 0.322 e. The van der Waals surface area contributed by atoms with Crippen molar-refractivity contribution >= 4 is 23.3 Å². The van der Waals surface area contributed by atoms with Gasteiger partial charge in [0.1, 0.15) is 0 Å². The Morgan fingerprint density at radius 1 is 1.33 bits per heavy atom. The summed E-state index contributed by atoms with van der Waals surface area (Å²) in [6.45, 7) is 4.75. The number of benzene rings is 1. The van der Waals surface area contributed by atoms with Gasteiger partial charge in [0.2, 0.25) is 0 Å². The number of hydrogen-bond acceptors (Lipinski definition) is 3. The largest absolute Gasteiger partial charge is 0.394 e. The van der Waals surface area contributed by atoms with E-state index in [9.17, 15) is 4.79 Å². The highest BCUT2D eigenvalue weighted by molar-refractivity contribution is 6.31. The molecule has 5 nitrogen and oxygen atoms in total. The molecule has 2 saturated heterocycles. The smallest absolute Gasteiger partial charge is 0.322 e. The second-order valence-corrected chi connectivity index (χ2v) is 9.23. The molecule has 2 bridgehead atoms. The first-order chi connectivity index (χ1) is 12.9. The molecule has 2 unspecified atom stereocenters. The highest BCUT2D eigenvalue weighted by atomic mass is 35.5. The third kappa shape index (κ3) is 3.69. The number of aliphatic hydroxyl groups is 1. The summed E-state index contributed by atoms with van der Waals surface area (Å²) in [5.41, 5.74) is 1.68. The number of aliphatic hydroxyl groups excluding tert-OH is 1. The van der Waals surface area contributed by atoms with Gasteiger partial charge in [0.05, 0.1) is 18.8 Å². The van der Waals surface area contributed by atoms with Crippen LogP contribution in [0.3, 0.4) is 0 Å². The number of nitrogens with zero attached hydrogens (tertiary/aromatic N) is 1. The monoisotopic (exact) mass is 392 g/mol. The number of ether oxygens (including phenoxy) is 1. The zero-order valence-corrected chi connectivity index (χ0v) is 16.8. The Morgan fingerprint density at radius 3 is 2.70 bits per heavy atom. The van der Waals surface area contributed by atoms with Crippen molar-refractivity contribution in [1.29, 1.82) is 0 Å². The fourth-order valence-corrected chi connectivity index (χ4v) is 5.48. The van der Waals surface area contributed by atoms with E-state index in [1.807, 2.05) is 23.1 Å². The molecule has 6 heteroatoms. The van der Waals surface area contributed by atoms with Crippen molar-refractivity contribution in [3.8, 4) is 0 Å². The Kier molecular flexibility index (Phi) is 5.12. The lowest BCUT2D eigenvalue weighted by Gasteiger charge is -2.54. The molecule has 0 spiro atoms. The molecule has 1 aromatic rings. The standard InChI is InChI=1S/C21H29ClN2O3/c1-13-7-16-10-17(8-13)24(16)20(26)23-15-3-4-19(22)18(9-15)14-11-21(2,12-14)27-6-5-25/h3-4,9,13-14,16-17,25H,5-8,10-12H2,1-2H3,(H,23,26)/t13?,14?,16-,17?,21?/m1/s1. The van der Waals surface area contributed by atoms with Gasteiger partial charge in [-0.3, -0.25) is 0 Å². The van der Waals surface area contributed by atoms with Gasteiger partial charge in [0.15, 0.2) is 0 Å². The number of carbonyl (C=O) groups is 1. The maximum absolute atomic E-state index is 12.7. The minimum Gasteiger partial charge on any atom is -0.394 e. The van der Waals surface area contributed by atoms with Gasteiger partial charge < -0.3 is 20.1 Å². The fourth-order valence-electron chi connectivity index (χ4n) is 5.21. The summed E-state index contributed by atoms with van der Waals surface area (Å²) in [6, 6.07) is 6.58. The van der Waals surface area contributed by atoms with Gasteiger partial charge in [-0.05, 0) is 74.6 Å². The van der Waals surface area contributed by atoms with Crippen molar-refractivity contribution in [3.63, 3.8) is 0 Å². The Morgan fingerprint density at radius 2 is 2.04 bits per heavy atom. The van der Waals surface area contributed by atoms with Crippen molar-refractivity contribution in [1.82, 2.24) is 4.90 Å². The summed E-state index contributed by atoms with van der Waals surface area (Å²) in [4.78, 5) is 14.7. The van der Waals surface area contributed by atoms with Crippen molar-refractivity contribution in [2.24, 2.45) is 5.92 Å². The van der Waals surface area contributed by atoms with Crippen LogP contribution >= 0.6 is 11.6 Å². The van der Waals surface area contributed by atoms with Crippen LogP contribution in [0, 0.1) is 5.92 Å². The maximum atomic E-state index is 12.7. The summed E-state index contributed by atoms with van der Waals surface area (Å²) in [6.07, 6.45) is 5.13. The zero-order valence-electron chi connectivity index (χ0n) is 16.1. The average Bonchev–Trinajstić information content (AvgIpc) is 2.59. The van der Waals surface area contributed by atoms with Crippen LogP contribution < -0.4 is 5.32 Å². The van der Waals surface area contributed by atoms with Gasteiger partial charge in [-0.15, -0.1) is 0 Å². The van der Waals surface area contributed by atoms with Gasteiger partial charge >= 0.3 is 6.03 Å². The number of carbonyl (C=O) groups excluding carboxylic acids is 1. The van der Waals surface area contributed by atoms with Crippen LogP contribution in [0.5, 0.6) is 0 Å². The number of fused-ring (bicyclic) bond motifs is 2. The van der Waals surface area contributed by atoms with Crippen LogP contribution in [-0.2, 0) is 4.74 Å². The molecule has 4 aliphatic rings. The van der Waals surface area contributed by atoms with Crippen LogP contribution in [0.15, 0.2) is 18.2 Å². The van der Waals surface area contributed by atoms with E-state index in [-0.39, 0.29) is 18.2 Å². The van der Waals surface area contributed by atoms with E-state index in [1.165, 1.54) is 0 Å². The summed E-state index contributed by atoms with van der Waals surface area (Å²) in [5, 5.41) is 12.8. The first kappa shape index (κ1) is 19.0. The first-order valence-corrected chi connectivity index (χ1v) is 10.4. The molecule has 4 fully saturated rings. The quantitative estimate of drug-likeness (QED) is 0.781. The van der Waals surface area contributed by atoms with Crippen molar-refractivity contribution in [2.45, 2.75) is 69.6 Å². The molecular formula is C21H29ClN2O3. The molecule has 148 valence electrons. The summed E-state index contributed by atoms with van der Waals surface area (Å²) >= 11 is 6.43. The molecule has 1 aromatic carbocycles. The Labute approximate surface area is 166 Å². The topological polar surface area (TPSA) is 61.8 Å². The van der Waals surface area contributed by atoms with E-state index in [2.05, 4.69) is 19.2 Å². The van der Waals surface area contributed by atoms with E-state index in [0.29, 0.717) is 24.6 Å². The lowest BCUT2D eigenvalue weighted by Crippen LogP contribution is -2.63. The zero-order chi connectivity index (χ0) is 19.2. The molecule has 0 radical (unpaired) electrons. The summed E-state index contributed by atoms with van der Waals surface area (Å²) < 4.78 is 5.74. The Hall–Kier alpha value is -1.30. The summed E-state index contributed by atoms with van der Waals surface area (Å²) in [7, 11) is 0. The second-order valence-electron chi connectivity index (χ2n) is 8.82. The molecule has 3 atom stereocenters. The second kappa shape index (κ2) is 7.26. The Bertz CT molecular complexity index is 707. The molecule has 2 saturated carbocycles. The van der Waals surface area contributed by atoms with Gasteiger partial charge in [-0.2, -0.15) is 0 Å². The molecule has 2 amide bonds. The van der Waals surface area contributed by atoms with Crippen LogP contribution in [0.4, 0.5) is 10.5 Å². The predicted molar refractivity (Wildman–Crippen MR) is 106 cm³/mol. The van der Waals surface area contributed by atoms with Crippen LogP contribution in [0.2, 0.25) is 5.02 Å². The van der Waals surface area contributed by atoms with E-state index >= 15 is 0 Å². The van der Waals surface area contributed by atoms with E-state index < -0.39 is 0 Å². The molecule has 2 N–H and O–H groups in total. The van der Waals surface area contributed by atoms with Crippen molar-refractivity contribution in [2.75, 3.05) is 18.5 Å². The minimum atomic E-state index is -0.193.